The Bertz CT molecular complexity index is 303. The molecule has 0 unspecified atom stereocenters. The summed E-state index contributed by atoms with van der Waals surface area (Å²) < 4.78 is 0. The molecule has 0 aromatic heterocycles. The molecule has 3 N–H and O–H groups in total. The topological polar surface area (TPSA) is 63.3 Å². The van der Waals surface area contributed by atoms with E-state index < -0.39 is 5.97 Å². The molecule has 0 aliphatic heterocycles. The predicted molar refractivity (Wildman–Crippen MR) is 62.9 cm³/mol. The van der Waals surface area contributed by atoms with E-state index in [1.54, 1.807) is 11.8 Å². The second kappa shape index (κ2) is 6.48. The highest BCUT2D eigenvalue weighted by atomic mass is 32.2. The molecule has 0 aliphatic carbocycles. The third kappa shape index (κ3) is 4.36. The van der Waals surface area contributed by atoms with Gasteiger partial charge in [-0.2, -0.15) is 11.8 Å². The van der Waals surface area contributed by atoms with Gasteiger partial charge in [0.15, 0.2) is 0 Å². The van der Waals surface area contributed by atoms with Crippen LogP contribution in [0.1, 0.15) is 17.2 Å². The minimum Gasteiger partial charge on any atom is -0.481 e. The summed E-state index contributed by atoms with van der Waals surface area (Å²) in [5.74, 6) is 0.0145. The van der Waals surface area contributed by atoms with Crippen molar-refractivity contribution in [2.45, 2.75) is 11.7 Å². The lowest BCUT2D eigenvalue weighted by atomic mass is 10.1. The van der Waals surface area contributed by atoms with Gasteiger partial charge >= 0.3 is 5.97 Å². The Kier molecular flexibility index (Phi) is 5.21. The number of carboxylic acid groups (broad SMARTS) is 1. The van der Waals surface area contributed by atoms with E-state index in [0.717, 1.165) is 11.3 Å². The minimum absolute atomic E-state index is 0.00671. The van der Waals surface area contributed by atoms with E-state index in [9.17, 15) is 4.79 Å². The largest absolute Gasteiger partial charge is 0.481 e. The summed E-state index contributed by atoms with van der Waals surface area (Å²) in [5.41, 5.74) is 6.47. The normalized spacial score (nSPS) is 12.3. The van der Waals surface area contributed by atoms with Crippen molar-refractivity contribution in [2.75, 3.05) is 12.3 Å². The molecule has 1 aromatic carbocycles. The van der Waals surface area contributed by atoms with Crippen LogP contribution in [0.4, 0.5) is 0 Å². The molecule has 0 aliphatic rings. The summed E-state index contributed by atoms with van der Waals surface area (Å²) in [7, 11) is 0. The summed E-state index contributed by atoms with van der Waals surface area (Å²) in [6.07, 6.45) is 0.147. The molecule has 0 saturated heterocycles. The van der Waals surface area contributed by atoms with Gasteiger partial charge in [0.05, 0.1) is 6.42 Å². The van der Waals surface area contributed by atoms with E-state index in [1.807, 2.05) is 30.3 Å². The molecule has 1 rings (SSSR count). The SMILES string of the molecule is NCCS[C@@H](CC(=O)O)c1ccccc1. The van der Waals surface area contributed by atoms with Crippen LogP contribution >= 0.6 is 11.8 Å². The van der Waals surface area contributed by atoms with Gasteiger partial charge in [0.2, 0.25) is 0 Å². The fourth-order valence-electron chi connectivity index (χ4n) is 1.31. The maximum absolute atomic E-state index is 10.7. The third-order valence-electron chi connectivity index (χ3n) is 1.97. The van der Waals surface area contributed by atoms with Crippen LogP contribution in [0.5, 0.6) is 0 Å². The third-order valence-corrected chi connectivity index (χ3v) is 3.28. The fourth-order valence-corrected chi connectivity index (χ4v) is 2.34. The maximum atomic E-state index is 10.7. The Labute approximate surface area is 93.7 Å². The molecule has 0 spiro atoms. The Morgan fingerprint density at radius 1 is 1.40 bits per heavy atom. The minimum atomic E-state index is -0.770. The lowest BCUT2D eigenvalue weighted by Crippen LogP contribution is -2.07. The van der Waals surface area contributed by atoms with E-state index in [4.69, 9.17) is 10.8 Å². The number of thioether (sulfide) groups is 1. The number of hydrogen-bond acceptors (Lipinski definition) is 3. The van der Waals surface area contributed by atoms with Crippen LogP contribution in [-0.4, -0.2) is 23.4 Å². The highest BCUT2D eigenvalue weighted by Gasteiger charge is 2.14. The van der Waals surface area contributed by atoms with Crippen LogP contribution in [0.3, 0.4) is 0 Å². The van der Waals surface area contributed by atoms with Crippen molar-refractivity contribution in [3.63, 3.8) is 0 Å². The Balaban J connectivity index is 2.67. The predicted octanol–water partition coefficient (Wildman–Crippen LogP) is 1.89. The van der Waals surface area contributed by atoms with Gasteiger partial charge in [-0.3, -0.25) is 4.79 Å². The van der Waals surface area contributed by atoms with Crippen molar-refractivity contribution in [3.8, 4) is 0 Å². The average Bonchev–Trinajstić information content (AvgIpc) is 2.25. The van der Waals surface area contributed by atoms with Crippen molar-refractivity contribution in [3.05, 3.63) is 35.9 Å². The van der Waals surface area contributed by atoms with Crippen LogP contribution in [0, 0.1) is 0 Å². The molecule has 82 valence electrons. The fraction of sp³-hybridized carbons (Fsp3) is 0.364. The number of benzene rings is 1. The van der Waals surface area contributed by atoms with E-state index in [1.165, 1.54) is 0 Å². The van der Waals surface area contributed by atoms with E-state index in [0.29, 0.717) is 6.54 Å². The van der Waals surface area contributed by atoms with Crippen LogP contribution in [0.25, 0.3) is 0 Å². The molecule has 0 radical (unpaired) electrons. The van der Waals surface area contributed by atoms with Crippen molar-refractivity contribution >= 4 is 17.7 Å². The van der Waals surface area contributed by atoms with Crippen LogP contribution < -0.4 is 5.73 Å². The quantitative estimate of drug-likeness (QED) is 0.776. The molecule has 0 bridgehead atoms. The van der Waals surface area contributed by atoms with Gasteiger partial charge in [0.25, 0.3) is 0 Å². The Hall–Kier alpha value is -1.00. The number of carboxylic acids is 1. The monoisotopic (exact) mass is 225 g/mol. The highest BCUT2D eigenvalue weighted by molar-refractivity contribution is 7.99. The molecule has 1 atom stereocenters. The molecule has 0 heterocycles. The zero-order valence-electron chi connectivity index (χ0n) is 8.43. The van der Waals surface area contributed by atoms with Gasteiger partial charge in [0.1, 0.15) is 0 Å². The van der Waals surface area contributed by atoms with E-state index in [2.05, 4.69) is 0 Å². The first kappa shape index (κ1) is 12.1. The molecule has 0 saturated carbocycles. The average molecular weight is 225 g/mol. The number of hydrogen-bond donors (Lipinski definition) is 2. The Morgan fingerprint density at radius 3 is 2.60 bits per heavy atom. The molecular formula is C11H15NO2S. The number of aliphatic carboxylic acids is 1. The standard InChI is InChI=1S/C11H15NO2S/c12-6-7-15-10(8-11(13)14)9-4-2-1-3-5-9/h1-5,10H,6-8,12H2,(H,13,14)/t10-/m0/s1. The summed E-state index contributed by atoms with van der Waals surface area (Å²) in [4.78, 5) is 10.7. The summed E-state index contributed by atoms with van der Waals surface area (Å²) in [6.45, 7) is 0.577. The first-order valence-electron chi connectivity index (χ1n) is 4.82. The van der Waals surface area contributed by atoms with E-state index >= 15 is 0 Å². The Morgan fingerprint density at radius 2 is 2.07 bits per heavy atom. The zero-order chi connectivity index (χ0) is 11.1. The smallest absolute Gasteiger partial charge is 0.304 e. The second-order valence-corrected chi connectivity index (χ2v) is 4.47. The van der Waals surface area contributed by atoms with Gasteiger partial charge < -0.3 is 10.8 Å². The van der Waals surface area contributed by atoms with Crippen molar-refractivity contribution in [2.24, 2.45) is 5.73 Å². The van der Waals surface area contributed by atoms with Crippen LogP contribution in [0.2, 0.25) is 0 Å². The number of rotatable bonds is 6. The first-order chi connectivity index (χ1) is 7.24. The van der Waals surface area contributed by atoms with Gasteiger partial charge in [-0.1, -0.05) is 30.3 Å². The van der Waals surface area contributed by atoms with Gasteiger partial charge in [-0.05, 0) is 5.56 Å². The number of nitrogens with two attached hydrogens (primary N) is 1. The van der Waals surface area contributed by atoms with Crippen molar-refractivity contribution in [1.82, 2.24) is 0 Å². The van der Waals surface area contributed by atoms with Crippen LogP contribution in [-0.2, 0) is 4.79 Å². The van der Waals surface area contributed by atoms with Gasteiger partial charge in [-0.15, -0.1) is 0 Å². The first-order valence-corrected chi connectivity index (χ1v) is 5.87. The molecule has 4 heteroatoms. The van der Waals surface area contributed by atoms with Gasteiger partial charge in [-0.25, -0.2) is 0 Å². The molecule has 3 nitrogen and oxygen atoms in total. The van der Waals surface area contributed by atoms with Crippen molar-refractivity contribution in [1.29, 1.82) is 0 Å². The zero-order valence-corrected chi connectivity index (χ0v) is 9.24. The lowest BCUT2D eigenvalue weighted by Gasteiger charge is -2.14. The lowest BCUT2D eigenvalue weighted by molar-refractivity contribution is -0.137. The summed E-state index contributed by atoms with van der Waals surface area (Å²) in [5, 5.41) is 8.81. The van der Waals surface area contributed by atoms with Crippen LogP contribution in [0.15, 0.2) is 30.3 Å². The van der Waals surface area contributed by atoms with Crippen molar-refractivity contribution < 1.29 is 9.90 Å². The maximum Gasteiger partial charge on any atom is 0.304 e. The molecule has 0 amide bonds. The van der Waals surface area contributed by atoms with Gasteiger partial charge in [0, 0.05) is 17.5 Å². The molecular weight excluding hydrogens is 210 g/mol. The molecule has 15 heavy (non-hydrogen) atoms. The molecule has 1 aromatic rings. The molecule has 0 fully saturated rings. The highest BCUT2D eigenvalue weighted by Crippen LogP contribution is 2.31. The summed E-state index contributed by atoms with van der Waals surface area (Å²) in [6, 6.07) is 9.68. The number of carbonyl (C=O) groups is 1. The van der Waals surface area contributed by atoms with E-state index in [-0.39, 0.29) is 11.7 Å². The summed E-state index contributed by atoms with van der Waals surface area (Å²) >= 11 is 1.60. The second-order valence-electron chi connectivity index (χ2n) is 3.16.